The summed E-state index contributed by atoms with van der Waals surface area (Å²) in [5.74, 6) is -0.897. The van der Waals surface area contributed by atoms with E-state index in [9.17, 15) is 18.0 Å². The van der Waals surface area contributed by atoms with Crippen LogP contribution in [0.2, 0.25) is 5.02 Å². The zero-order chi connectivity index (χ0) is 20.6. The molecule has 1 saturated heterocycles. The van der Waals surface area contributed by atoms with Gasteiger partial charge >= 0.3 is 0 Å². The Kier molecular flexibility index (Phi) is 5.09. The Morgan fingerprint density at radius 2 is 2.10 bits per heavy atom. The largest absolute Gasteiger partial charge is 0.319 e. The summed E-state index contributed by atoms with van der Waals surface area (Å²) >= 11 is 6.07. The van der Waals surface area contributed by atoms with E-state index in [4.69, 9.17) is 11.6 Å². The van der Waals surface area contributed by atoms with E-state index in [0.29, 0.717) is 22.8 Å². The smallest absolute Gasteiger partial charge is 0.271 e. The van der Waals surface area contributed by atoms with Gasteiger partial charge in [0.25, 0.3) is 5.91 Å². The summed E-state index contributed by atoms with van der Waals surface area (Å²) in [5.41, 5.74) is 1.12. The Morgan fingerprint density at radius 1 is 1.28 bits per heavy atom. The number of carbonyl (C=O) groups is 2. The maximum atomic E-state index is 12.8. The van der Waals surface area contributed by atoms with Crippen molar-refractivity contribution in [2.24, 2.45) is 5.10 Å². The van der Waals surface area contributed by atoms with Crippen LogP contribution >= 0.6 is 11.6 Å². The van der Waals surface area contributed by atoms with Gasteiger partial charge in [0.2, 0.25) is 5.91 Å². The molecule has 0 bridgehead atoms. The summed E-state index contributed by atoms with van der Waals surface area (Å²) in [6.45, 7) is 0. The molecule has 4 rings (SSSR count). The number of nitrogens with zero attached hydrogens (tertiary/aromatic N) is 5. The molecule has 2 aromatic rings. The van der Waals surface area contributed by atoms with Crippen LogP contribution in [0.3, 0.4) is 0 Å². The molecule has 10 nitrogen and oxygen atoms in total. The van der Waals surface area contributed by atoms with E-state index in [1.165, 1.54) is 17.3 Å². The number of carbonyl (C=O) groups excluding carboxylic acids is 2. The Balaban J connectivity index is 1.58. The van der Waals surface area contributed by atoms with Crippen molar-refractivity contribution in [3.8, 4) is 5.69 Å². The number of benzene rings is 1. The molecule has 2 aliphatic heterocycles. The molecule has 0 unspecified atom stereocenters. The van der Waals surface area contributed by atoms with Crippen molar-refractivity contribution in [3.63, 3.8) is 0 Å². The molecule has 29 heavy (non-hydrogen) atoms. The predicted octanol–water partition coefficient (Wildman–Crippen LogP) is 1.02. The molecule has 2 amide bonds. The molecule has 1 N–H and O–H groups in total. The first kappa shape index (κ1) is 19.5. The van der Waals surface area contributed by atoms with E-state index in [0.717, 1.165) is 5.01 Å². The number of hydrazone groups is 1. The lowest BCUT2D eigenvalue weighted by molar-refractivity contribution is -0.133. The summed E-state index contributed by atoms with van der Waals surface area (Å²) in [5, 5.41) is 12.6. The number of aromatic nitrogens is 3. The van der Waals surface area contributed by atoms with Gasteiger partial charge in [0.05, 0.1) is 28.9 Å². The van der Waals surface area contributed by atoms with Crippen molar-refractivity contribution in [2.45, 2.75) is 25.3 Å². The SMILES string of the molecule is O=C(Nc1cc(Cl)ccc1-n1cncn1)C1=NN([C@H]2CCS(=O)(=O)C2)C(=O)CC1. The molecule has 0 spiro atoms. The minimum absolute atomic E-state index is 0.0161. The molecule has 12 heteroatoms. The maximum Gasteiger partial charge on any atom is 0.271 e. The van der Waals surface area contributed by atoms with Crippen LogP contribution < -0.4 is 5.32 Å². The number of sulfone groups is 1. The van der Waals surface area contributed by atoms with E-state index in [2.05, 4.69) is 20.5 Å². The fraction of sp³-hybridized carbons (Fsp3) is 0.353. The number of amides is 2. The number of anilines is 1. The summed E-state index contributed by atoms with van der Waals surface area (Å²) < 4.78 is 25.0. The van der Waals surface area contributed by atoms with Crippen LogP contribution in [-0.2, 0) is 19.4 Å². The fourth-order valence-electron chi connectivity index (χ4n) is 3.32. The second-order valence-corrected chi connectivity index (χ2v) is 9.46. The first-order valence-corrected chi connectivity index (χ1v) is 11.1. The Bertz CT molecular complexity index is 1100. The molecular formula is C17H17ClN6O4S. The first-order valence-electron chi connectivity index (χ1n) is 8.88. The van der Waals surface area contributed by atoms with E-state index in [-0.39, 0.29) is 36.0 Å². The van der Waals surface area contributed by atoms with Gasteiger partial charge in [-0.3, -0.25) is 9.59 Å². The predicted molar refractivity (Wildman–Crippen MR) is 106 cm³/mol. The highest BCUT2D eigenvalue weighted by atomic mass is 35.5. The number of halogens is 1. The summed E-state index contributed by atoms with van der Waals surface area (Å²) in [4.78, 5) is 28.9. The third-order valence-corrected chi connectivity index (χ3v) is 6.73. The second kappa shape index (κ2) is 7.56. The Morgan fingerprint density at radius 3 is 2.79 bits per heavy atom. The lowest BCUT2D eigenvalue weighted by Gasteiger charge is -2.27. The molecule has 152 valence electrons. The van der Waals surface area contributed by atoms with Crippen molar-refractivity contribution in [1.29, 1.82) is 0 Å². The quantitative estimate of drug-likeness (QED) is 0.762. The van der Waals surface area contributed by atoms with Gasteiger partial charge in [0.15, 0.2) is 9.84 Å². The van der Waals surface area contributed by atoms with Crippen LogP contribution in [0.15, 0.2) is 36.0 Å². The van der Waals surface area contributed by atoms with Crippen molar-refractivity contribution in [1.82, 2.24) is 19.8 Å². The molecule has 0 radical (unpaired) electrons. The highest BCUT2D eigenvalue weighted by Gasteiger charge is 2.37. The van der Waals surface area contributed by atoms with Gasteiger partial charge in [-0.25, -0.2) is 23.1 Å². The van der Waals surface area contributed by atoms with E-state index in [1.54, 1.807) is 18.2 Å². The lowest BCUT2D eigenvalue weighted by atomic mass is 10.1. The Labute approximate surface area is 171 Å². The molecule has 3 heterocycles. The summed E-state index contributed by atoms with van der Waals surface area (Å²) in [7, 11) is -3.18. The van der Waals surface area contributed by atoms with Crippen molar-refractivity contribution in [2.75, 3.05) is 16.8 Å². The standard InChI is InChI=1S/C17H17ClN6O4S/c18-11-1-3-15(23-10-19-9-20-23)14(7-11)21-17(26)13-2-4-16(25)24(22-13)12-5-6-29(27,28)8-12/h1,3,7,9-10,12H,2,4-6,8H2,(H,21,26)/t12-/m0/s1. The van der Waals surface area contributed by atoms with E-state index < -0.39 is 21.8 Å². The molecule has 0 aliphatic carbocycles. The van der Waals surface area contributed by atoms with Gasteiger partial charge in [0, 0.05) is 17.9 Å². The monoisotopic (exact) mass is 436 g/mol. The molecule has 1 atom stereocenters. The fourth-order valence-corrected chi connectivity index (χ4v) is 5.19. The Hall–Kier alpha value is -2.79. The number of nitrogens with one attached hydrogen (secondary N) is 1. The average molecular weight is 437 g/mol. The van der Waals surface area contributed by atoms with Gasteiger partial charge in [-0.15, -0.1) is 0 Å². The van der Waals surface area contributed by atoms with Crippen LogP contribution in [0.4, 0.5) is 5.69 Å². The molecule has 1 fully saturated rings. The number of rotatable bonds is 4. The van der Waals surface area contributed by atoms with Gasteiger partial charge in [-0.2, -0.15) is 10.2 Å². The van der Waals surface area contributed by atoms with Crippen molar-refractivity contribution >= 4 is 44.7 Å². The lowest BCUT2D eigenvalue weighted by Crippen LogP contribution is -2.42. The molecule has 2 aliphatic rings. The first-order chi connectivity index (χ1) is 13.8. The minimum atomic E-state index is -3.18. The number of hydrogen-bond acceptors (Lipinski definition) is 7. The van der Waals surface area contributed by atoms with E-state index >= 15 is 0 Å². The highest BCUT2D eigenvalue weighted by molar-refractivity contribution is 7.91. The van der Waals surface area contributed by atoms with Gasteiger partial charge in [-0.05, 0) is 24.6 Å². The van der Waals surface area contributed by atoms with Crippen LogP contribution in [0, 0.1) is 0 Å². The molecular weight excluding hydrogens is 420 g/mol. The molecule has 0 saturated carbocycles. The van der Waals surface area contributed by atoms with Crippen LogP contribution in [0.5, 0.6) is 0 Å². The topological polar surface area (TPSA) is 127 Å². The third kappa shape index (κ3) is 4.15. The average Bonchev–Trinajstić information content (AvgIpc) is 3.32. The minimum Gasteiger partial charge on any atom is -0.319 e. The van der Waals surface area contributed by atoms with Crippen molar-refractivity contribution < 1.29 is 18.0 Å². The zero-order valence-corrected chi connectivity index (χ0v) is 16.7. The number of hydrogen-bond donors (Lipinski definition) is 1. The summed E-state index contributed by atoms with van der Waals surface area (Å²) in [6, 6.07) is 4.39. The van der Waals surface area contributed by atoms with Crippen LogP contribution in [-0.4, -0.2) is 63.3 Å². The van der Waals surface area contributed by atoms with Crippen molar-refractivity contribution in [3.05, 3.63) is 35.9 Å². The summed E-state index contributed by atoms with van der Waals surface area (Å²) in [6.07, 6.45) is 3.42. The third-order valence-electron chi connectivity index (χ3n) is 4.75. The van der Waals surface area contributed by atoms with E-state index in [1.807, 2.05) is 0 Å². The molecule has 1 aromatic heterocycles. The second-order valence-electron chi connectivity index (χ2n) is 6.80. The molecule has 1 aromatic carbocycles. The van der Waals surface area contributed by atoms with Crippen LogP contribution in [0.25, 0.3) is 5.69 Å². The maximum absolute atomic E-state index is 12.8. The normalized spacial score (nSPS) is 21.1. The van der Waals surface area contributed by atoms with Crippen LogP contribution in [0.1, 0.15) is 19.3 Å². The van der Waals surface area contributed by atoms with Gasteiger partial charge < -0.3 is 5.32 Å². The zero-order valence-electron chi connectivity index (χ0n) is 15.2. The highest BCUT2D eigenvalue weighted by Crippen LogP contribution is 2.25. The van der Waals surface area contributed by atoms with Gasteiger partial charge in [-0.1, -0.05) is 11.6 Å². The van der Waals surface area contributed by atoms with Gasteiger partial charge in [0.1, 0.15) is 18.4 Å².